The van der Waals surface area contributed by atoms with E-state index in [1.807, 2.05) is 11.8 Å². The van der Waals surface area contributed by atoms with Gasteiger partial charge in [0.15, 0.2) is 0 Å². The number of hydrogen-bond donors (Lipinski definition) is 2. The van der Waals surface area contributed by atoms with E-state index < -0.39 is 0 Å². The number of nitrogens with two attached hydrogens (primary N) is 1. The van der Waals surface area contributed by atoms with Crippen molar-refractivity contribution in [2.75, 3.05) is 12.4 Å². The number of rotatable bonds is 4. The predicted molar refractivity (Wildman–Crippen MR) is 63.6 cm³/mol. The third kappa shape index (κ3) is 4.67. The van der Waals surface area contributed by atoms with E-state index in [0.29, 0.717) is 17.9 Å². The number of aliphatic hydroxyl groups excluding tert-OH is 1. The van der Waals surface area contributed by atoms with Crippen molar-refractivity contribution in [1.29, 1.82) is 0 Å². The van der Waals surface area contributed by atoms with Crippen LogP contribution < -0.4 is 5.73 Å². The van der Waals surface area contributed by atoms with E-state index in [1.165, 1.54) is 38.5 Å². The molecule has 1 saturated carbocycles. The molecule has 3 heteroatoms. The van der Waals surface area contributed by atoms with Crippen molar-refractivity contribution < 1.29 is 5.11 Å². The maximum atomic E-state index is 8.72. The van der Waals surface area contributed by atoms with Crippen LogP contribution in [0.3, 0.4) is 0 Å². The van der Waals surface area contributed by atoms with E-state index in [2.05, 4.69) is 0 Å². The summed E-state index contributed by atoms with van der Waals surface area (Å²) in [5.41, 5.74) is 6.15. The summed E-state index contributed by atoms with van der Waals surface area (Å²) in [6.07, 6.45) is 8.76. The van der Waals surface area contributed by atoms with E-state index in [1.54, 1.807) is 0 Å². The summed E-state index contributed by atoms with van der Waals surface area (Å²) >= 11 is 1.97. The third-order valence-corrected chi connectivity index (χ3v) is 4.43. The minimum atomic E-state index is 0.314. The van der Waals surface area contributed by atoms with Crippen molar-refractivity contribution in [3.8, 4) is 0 Å². The molecule has 0 heterocycles. The van der Waals surface area contributed by atoms with Gasteiger partial charge in [0.2, 0.25) is 0 Å². The van der Waals surface area contributed by atoms with Crippen LogP contribution in [0, 0.1) is 0 Å². The zero-order valence-electron chi connectivity index (χ0n) is 8.95. The normalized spacial score (nSPS) is 29.6. The lowest BCUT2D eigenvalue weighted by molar-refractivity contribution is 0.296. The SMILES string of the molecule is NC1CCCCCCC1SCCCO. The fraction of sp³-hybridized carbons (Fsp3) is 1.00. The summed E-state index contributed by atoms with van der Waals surface area (Å²) in [5.74, 6) is 1.06. The Bertz CT molecular complexity index is 143. The lowest BCUT2D eigenvalue weighted by Crippen LogP contribution is -2.33. The van der Waals surface area contributed by atoms with Crippen molar-refractivity contribution in [2.24, 2.45) is 5.73 Å². The molecule has 14 heavy (non-hydrogen) atoms. The van der Waals surface area contributed by atoms with Gasteiger partial charge in [0, 0.05) is 17.9 Å². The van der Waals surface area contributed by atoms with E-state index in [4.69, 9.17) is 10.8 Å². The van der Waals surface area contributed by atoms with Crippen LogP contribution in [-0.4, -0.2) is 28.8 Å². The quantitative estimate of drug-likeness (QED) is 0.709. The van der Waals surface area contributed by atoms with Gasteiger partial charge in [-0.2, -0.15) is 11.8 Å². The molecule has 0 amide bonds. The lowest BCUT2D eigenvalue weighted by atomic mass is 9.97. The summed E-state index contributed by atoms with van der Waals surface area (Å²) in [4.78, 5) is 0. The molecule has 0 aromatic rings. The first kappa shape index (κ1) is 12.3. The van der Waals surface area contributed by atoms with E-state index in [-0.39, 0.29) is 0 Å². The Morgan fingerprint density at radius 3 is 2.57 bits per heavy atom. The van der Waals surface area contributed by atoms with Gasteiger partial charge in [0.1, 0.15) is 0 Å². The maximum absolute atomic E-state index is 8.72. The standard InChI is InChI=1S/C11H23NOS/c12-10-6-3-1-2-4-7-11(10)14-9-5-8-13/h10-11,13H,1-9,12H2. The monoisotopic (exact) mass is 217 g/mol. The van der Waals surface area contributed by atoms with Crippen LogP contribution in [0.2, 0.25) is 0 Å². The minimum Gasteiger partial charge on any atom is -0.396 e. The smallest absolute Gasteiger partial charge is 0.0438 e. The molecule has 1 aliphatic carbocycles. The molecule has 0 aliphatic heterocycles. The molecule has 0 aromatic heterocycles. The van der Waals surface area contributed by atoms with Crippen molar-refractivity contribution >= 4 is 11.8 Å². The van der Waals surface area contributed by atoms with Crippen LogP contribution in [0.4, 0.5) is 0 Å². The fourth-order valence-corrected chi connectivity index (χ4v) is 3.30. The topological polar surface area (TPSA) is 46.2 Å². The first-order valence-electron chi connectivity index (χ1n) is 5.82. The highest BCUT2D eigenvalue weighted by Gasteiger charge is 2.19. The highest BCUT2D eigenvalue weighted by molar-refractivity contribution is 7.99. The molecule has 1 fully saturated rings. The Balaban J connectivity index is 2.22. The first-order valence-corrected chi connectivity index (χ1v) is 6.87. The zero-order valence-corrected chi connectivity index (χ0v) is 9.77. The minimum absolute atomic E-state index is 0.314. The van der Waals surface area contributed by atoms with E-state index in [9.17, 15) is 0 Å². The van der Waals surface area contributed by atoms with Crippen LogP contribution in [0.1, 0.15) is 44.9 Å². The molecule has 2 unspecified atom stereocenters. The average Bonchev–Trinajstić information content (AvgIpc) is 2.17. The zero-order chi connectivity index (χ0) is 10.2. The fourth-order valence-electron chi connectivity index (χ4n) is 1.99. The molecule has 3 N–H and O–H groups in total. The van der Waals surface area contributed by atoms with Crippen molar-refractivity contribution in [3.05, 3.63) is 0 Å². The van der Waals surface area contributed by atoms with Gasteiger partial charge in [0.25, 0.3) is 0 Å². The molecule has 0 spiro atoms. The molecular formula is C11H23NOS. The third-order valence-electron chi connectivity index (χ3n) is 2.89. The molecule has 2 nitrogen and oxygen atoms in total. The Kier molecular flexibility index (Phi) is 6.65. The molecule has 84 valence electrons. The van der Waals surface area contributed by atoms with E-state index >= 15 is 0 Å². The van der Waals surface area contributed by atoms with Crippen LogP contribution in [-0.2, 0) is 0 Å². The second-order valence-electron chi connectivity index (χ2n) is 4.14. The van der Waals surface area contributed by atoms with Gasteiger partial charge >= 0.3 is 0 Å². The summed E-state index contributed by atoms with van der Waals surface area (Å²) < 4.78 is 0. The van der Waals surface area contributed by atoms with Gasteiger partial charge in [0.05, 0.1) is 0 Å². The summed E-state index contributed by atoms with van der Waals surface area (Å²) in [5, 5.41) is 9.36. The Hall–Kier alpha value is 0.270. The van der Waals surface area contributed by atoms with Crippen LogP contribution >= 0.6 is 11.8 Å². The Morgan fingerprint density at radius 1 is 1.14 bits per heavy atom. The van der Waals surface area contributed by atoms with Gasteiger partial charge < -0.3 is 10.8 Å². The second kappa shape index (κ2) is 7.55. The molecular weight excluding hydrogens is 194 g/mol. The first-order chi connectivity index (χ1) is 6.84. The van der Waals surface area contributed by atoms with Gasteiger partial charge in [-0.25, -0.2) is 0 Å². The molecule has 0 radical (unpaired) electrons. The predicted octanol–water partition coefficient (Wildman–Crippen LogP) is 2.15. The number of aliphatic hydroxyl groups is 1. The van der Waals surface area contributed by atoms with Crippen molar-refractivity contribution in [1.82, 2.24) is 0 Å². The average molecular weight is 217 g/mol. The number of thioether (sulfide) groups is 1. The van der Waals surface area contributed by atoms with Crippen LogP contribution in [0.15, 0.2) is 0 Å². The maximum Gasteiger partial charge on any atom is 0.0438 e. The van der Waals surface area contributed by atoms with Gasteiger partial charge in [-0.1, -0.05) is 25.7 Å². The lowest BCUT2D eigenvalue weighted by Gasteiger charge is -2.25. The molecule has 1 aliphatic rings. The highest BCUT2D eigenvalue weighted by atomic mass is 32.2. The molecule has 1 rings (SSSR count). The van der Waals surface area contributed by atoms with Crippen molar-refractivity contribution in [2.45, 2.75) is 56.2 Å². The Morgan fingerprint density at radius 2 is 1.86 bits per heavy atom. The molecule has 2 atom stereocenters. The molecule has 0 bridgehead atoms. The second-order valence-corrected chi connectivity index (χ2v) is 5.49. The van der Waals surface area contributed by atoms with Crippen molar-refractivity contribution in [3.63, 3.8) is 0 Å². The molecule has 0 saturated heterocycles. The van der Waals surface area contributed by atoms with Gasteiger partial charge in [-0.05, 0) is 25.0 Å². The summed E-state index contributed by atoms with van der Waals surface area (Å²) in [7, 11) is 0. The number of hydrogen-bond acceptors (Lipinski definition) is 3. The van der Waals surface area contributed by atoms with Gasteiger partial charge in [-0.3, -0.25) is 0 Å². The van der Waals surface area contributed by atoms with E-state index in [0.717, 1.165) is 12.2 Å². The summed E-state index contributed by atoms with van der Waals surface area (Å²) in [6, 6.07) is 0.388. The highest BCUT2D eigenvalue weighted by Crippen LogP contribution is 2.26. The summed E-state index contributed by atoms with van der Waals surface area (Å²) in [6.45, 7) is 0.314. The Labute approximate surface area is 91.6 Å². The van der Waals surface area contributed by atoms with Crippen LogP contribution in [0.5, 0.6) is 0 Å². The molecule has 0 aromatic carbocycles. The largest absolute Gasteiger partial charge is 0.396 e. The van der Waals surface area contributed by atoms with Gasteiger partial charge in [-0.15, -0.1) is 0 Å². The van der Waals surface area contributed by atoms with Crippen LogP contribution in [0.25, 0.3) is 0 Å².